The van der Waals surface area contributed by atoms with Crippen LogP contribution in [0.15, 0.2) is 42.5 Å². The van der Waals surface area contributed by atoms with Crippen molar-refractivity contribution in [2.75, 3.05) is 0 Å². The molecule has 114 valence electrons. The third kappa shape index (κ3) is 4.59. The highest BCUT2D eigenvalue weighted by molar-refractivity contribution is 5.83. The van der Waals surface area contributed by atoms with Gasteiger partial charge in [-0.15, -0.1) is 0 Å². The zero-order chi connectivity index (χ0) is 15.9. The number of rotatable bonds is 4. The molecule has 0 N–H and O–H groups in total. The Morgan fingerprint density at radius 3 is 2.29 bits per heavy atom. The lowest BCUT2D eigenvalue weighted by atomic mass is 9.91. The smallest absolute Gasteiger partial charge is 0.311 e. The summed E-state index contributed by atoms with van der Waals surface area (Å²) in [4.78, 5) is 11.9. The van der Waals surface area contributed by atoms with Crippen LogP contribution in [0.2, 0.25) is 0 Å². The van der Waals surface area contributed by atoms with E-state index in [2.05, 4.69) is 24.3 Å². The molecule has 2 nitrogen and oxygen atoms in total. The van der Waals surface area contributed by atoms with Crippen LogP contribution in [-0.4, -0.2) is 5.97 Å². The van der Waals surface area contributed by atoms with Crippen LogP contribution in [0.1, 0.15) is 46.6 Å². The van der Waals surface area contributed by atoms with E-state index >= 15 is 0 Å². The van der Waals surface area contributed by atoms with Gasteiger partial charge in [-0.2, -0.15) is 0 Å². The first-order valence-electron chi connectivity index (χ1n) is 7.68. The van der Waals surface area contributed by atoms with Crippen molar-refractivity contribution in [3.05, 3.63) is 48.0 Å². The van der Waals surface area contributed by atoms with E-state index in [-0.39, 0.29) is 5.97 Å². The van der Waals surface area contributed by atoms with Crippen molar-refractivity contribution in [3.63, 3.8) is 0 Å². The number of carbonyl (C=O) groups is 1. The number of hydrogen-bond donors (Lipinski definition) is 0. The van der Waals surface area contributed by atoms with Crippen molar-refractivity contribution in [1.29, 1.82) is 0 Å². The maximum absolute atomic E-state index is 11.9. The molecule has 0 amide bonds. The van der Waals surface area contributed by atoms with Gasteiger partial charge < -0.3 is 4.74 Å². The van der Waals surface area contributed by atoms with Gasteiger partial charge in [0, 0.05) is 0 Å². The SMILES string of the molecule is CC.CCC(C)(C)C(=O)OCc1ccc2ccccc2c1. The minimum absolute atomic E-state index is 0.136. The van der Waals surface area contributed by atoms with Gasteiger partial charge in [-0.25, -0.2) is 0 Å². The molecule has 0 heterocycles. The maximum Gasteiger partial charge on any atom is 0.311 e. The Labute approximate surface area is 128 Å². The normalized spacial score (nSPS) is 10.7. The summed E-state index contributed by atoms with van der Waals surface area (Å²) >= 11 is 0. The van der Waals surface area contributed by atoms with E-state index in [1.54, 1.807) is 0 Å². The van der Waals surface area contributed by atoms with E-state index in [1.165, 1.54) is 10.8 Å². The van der Waals surface area contributed by atoms with E-state index < -0.39 is 5.41 Å². The molecule has 0 bridgehead atoms. The first kappa shape index (κ1) is 17.2. The van der Waals surface area contributed by atoms with Crippen LogP contribution in [-0.2, 0) is 16.1 Å². The average Bonchev–Trinajstić information content (AvgIpc) is 2.54. The Morgan fingerprint density at radius 2 is 1.67 bits per heavy atom. The molecular weight excluding hydrogens is 260 g/mol. The molecule has 0 aliphatic rings. The molecule has 0 aromatic heterocycles. The third-order valence-electron chi connectivity index (χ3n) is 3.62. The predicted octanol–water partition coefficient (Wildman–Crippen LogP) is 5.35. The highest BCUT2D eigenvalue weighted by Gasteiger charge is 2.26. The third-order valence-corrected chi connectivity index (χ3v) is 3.62. The van der Waals surface area contributed by atoms with Gasteiger partial charge in [-0.05, 0) is 42.7 Å². The summed E-state index contributed by atoms with van der Waals surface area (Å²) in [6.07, 6.45) is 0.781. The molecule has 0 saturated heterocycles. The molecule has 0 unspecified atom stereocenters. The largest absolute Gasteiger partial charge is 0.460 e. The van der Waals surface area contributed by atoms with Crippen molar-refractivity contribution in [2.45, 2.75) is 47.6 Å². The van der Waals surface area contributed by atoms with E-state index in [0.717, 1.165) is 12.0 Å². The Kier molecular flexibility index (Phi) is 6.41. The molecule has 0 atom stereocenters. The fourth-order valence-corrected chi connectivity index (χ4v) is 1.82. The molecule has 0 fully saturated rings. The number of benzene rings is 2. The Balaban J connectivity index is 0.00000106. The lowest BCUT2D eigenvalue weighted by molar-refractivity contribution is -0.155. The van der Waals surface area contributed by atoms with Crippen molar-refractivity contribution in [2.24, 2.45) is 5.41 Å². The standard InChI is InChI=1S/C17H20O2.C2H6/c1-4-17(2,3)16(18)19-12-13-9-10-14-7-5-6-8-15(14)11-13;1-2/h5-11H,4,12H2,1-3H3;1-2H3. The number of fused-ring (bicyclic) bond motifs is 1. The topological polar surface area (TPSA) is 26.3 Å². The fourth-order valence-electron chi connectivity index (χ4n) is 1.82. The fraction of sp³-hybridized carbons (Fsp3) is 0.421. The molecule has 0 aliphatic carbocycles. The molecule has 0 saturated carbocycles. The van der Waals surface area contributed by atoms with Gasteiger partial charge in [0.2, 0.25) is 0 Å². The zero-order valence-corrected chi connectivity index (χ0v) is 13.8. The van der Waals surface area contributed by atoms with E-state index in [1.807, 2.05) is 52.8 Å². The van der Waals surface area contributed by atoms with Crippen molar-refractivity contribution in [3.8, 4) is 0 Å². The zero-order valence-electron chi connectivity index (χ0n) is 13.8. The van der Waals surface area contributed by atoms with Crippen LogP contribution in [0, 0.1) is 5.41 Å². The minimum atomic E-state index is -0.406. The van der Waals surface area contributed by atoms with Gasteiger partial charge in [-0.3, -0.25) is 4.79 Å². The minimum Gasteiger partial charge on any atom is -0.460 e. The van der Waals surface area contributed by atoms with Crippen LogP contribution in [0.3, 0.4) is 0 Å². The van der Waals surface area contributed by atoms with Crippen molar-refractivity contribution < 1.29 is 9.53 Å². The summed E-state index contributed by atoms with van der Waals surface area (Å²) < 4.78 is 5.39. The molecular formula is C19H26O2. The molecule has 2 aromatic rings. The number of ether oxygens (including phenoxy) is 1. The summed E-state index contributed by atoms with van der Waals surface area (Å²) in [6, 6.07) is 14.3. The summed E-state index contributed by atoms with van der Waals surface area (Å²) in [5, 5.41) is 2.37. The molecule has 2 heteroatoms. The molecule has 21 heavy (non-hydrogen) atoms. The van der Waals surface area contributed by atoms with Crippen LogP contribution < -0.4 is 0 Å². The highest BCUT2D eigenvalue weighted by atomic mass is 16.5. The Morgan fingerprint density at radius 1 is 1.05 bits per heavy atom. The van der Waals surface area contributed by atoms with Gasteiger partial charge >= 0.3 is 5.97 Å². The highest BCUT2D eigenvalue weighted by Crippen LogP contribution is 2.23. The second-order valence-electron chi connectivity index (χ2n) is 5.50. The van der Waals surface area contributed by atoms with E-state index in [9.17, 15) is 4.79 Å². The maximum atomic E-state index is 11.9. The monoisotopic (exact) mass is 286 g/mol. The van der Waals surface area contributed by atoms with E-state index in [0.29, 0.717) is 6.61 Å². The van der Waals surface area contributed by atoms with E-state index in [4.69, 9.17) is 4.74 Å². The van der Waals surface area contributed by atoms with Crippen molar-refractivity contribution >= 4 is 16.7 Å². The van der Waals surface area contributed by atoms with Crippen LogP contribution in [0.4, 0.5) is 0 Å². The van der Waals surface area contributed by atoms with Crippen LogP contribution >= 0.6 is 0 Å². The van der Waals surface area contributed by atoms with Gasteiger partial charge in [-0.1, -0.05) is 57.2 Å². The predicted molar refractivity (Wildman–Crippen MR) is 89.2 cm³/mol. The van der Waals surface area contributed by atoms with Gasteiger partial charge in [0.15, 0.2) is 0 Å². The van der Waals surface area contributed by atoms with Gasteiger partial charge in [0.25, 0.3) is 0 Å². The molecule has 0 aliphatic heterocycles. The molecule has 0 radical (unpaired) electrons. The summed E-state index contributed by atoms with van der Waals surface area (Å²) in [7, 11) is 0. The Bertz CT molecular complexity index is 585. The molecule has 2 aromatic carbocycles. The molecule has 0 spiro atoms. The number of esters is 1. The van der Waals surface area contributed by atoms with Crippen LogP contribution in [0.25, 0.3) is 10.8 Å². The summed E-state index contributed by atoms with van der Waals surface area (Å²) in [5.41, 5.74) is 0.621. The van der Waals surface area contributed by atoms with Crippen molar-refractivity contribution in [1.82, 2.24) is 0 Å². The molecule has 2 rings (SSSR count). The average molecular weight is 286 g/mol. The number of carbonyl (C=O) groups excluding carboxylic acids is 1. The lowest BCUT2D eigenvalue weighted by Crippen LogP contribution is -2.25. The quantitative estimate of drug-likeness (QED) is 0.709. The first-order chi connectivity index (χ1) is 10.0. The van der Waals surface area contributed by atoms with Gasteiger partial charge in [0.1, 0.15) is 6.61 Å². The lowest BCUT2D eigenvalue weighted by Gasteiger charge is -2.20. The summed E-state index contributed by atoms with van der Waals surface area (Å²) in [5.74, 6) is -0.136. The summed E-state index contributed by atoms with van der Waals surface area (Å²) in [6.45, 7) is 10.2. The Hall–Kier alpha value is -1.83. The number of hydrogen-bond acceptors (Lipinski definition) is 2. The van der Waals surface area contributed by atoms with Gasteiger partial charge in [0.05, 0.1) is 5.41 Å². The first-order valence-corrected chi connectivity index (χ1v) is 7.68. The second-order valence-corrected chi connectivity index (χ2v) is 5.50. The van der Waals surface area contributed by atoms with Crippen LogP contribution in [0.5, 0.6) is 0 Å². The second kappa shape index (κ2) is 7.82.